The molecule has 0 unspecified atom stereocenters. The Bertz CT molecular complexity index is 1450. The number of hydrogen-bond donors (Lipinski definition) is 2. The molecule has 2 aromatic carbocycles. The van der Waals surface area contributed by atoms with E-state index in [0.29, 0.717) is 47.7 Å². The highest BCUT2D eigenvalue weighted by atomic mass is 19.1. The van der Waals surface area contributed by atoms with E-state index in [2.05, 4.69) is 26.4 Å². The van der Waals surface area contributed by atoms with Gasteiger partial charge in [0.1, 0.15) is 11.6 Å². The molecule has 2 amide bonds. The number of hydrogen-bond acceptors (Lipinski definition) is 7. The lowest BCUT2D eigenvalue weighted by Crippen LogP contribution is -2.43. The molecule has 212 valence electrons. The van der Waals surface area contributed by atoms with Crippen molar-refractivity contribution in [2.75, 3.05) is 32.1 Å². The number of nitrogens with zero attached hydrogens (tertiary/aromatic N) is 3. The summed E-state index contributed by atoms with van der Waals surface area (Å²) in [5, 5.41) is 15.7. The fourth-order valence-electron chi connectivity index (χ4n) is 4.89. The number of aromatic nitrogens is 1. The Hall–Kier alpha value is -4.78. The Morgan fingerprint density at radius 1 is 1.12 bits per heavy atom. The molecule has 9 nitrogen and oxygen atoms in total. The Labute approximate surface area is 238 Å². The zero-order valence-electron chi connectivity index (χ0n) is 22.9. The van der Waals surface area contributed by atoms with Gasteiger partial charge in [0.2, 0.25) is 5.91 Å². The second kappa shape index (κ2) is 14.0. The van der Waals surface area contributed by atoms with E-state index in [9.17, 15) is 24.0 Å². The summed E-state index contributed by atoms with van der Waals surface area (Å²) in [5.41, 5.74) is 2.74. The van der Waals surface area contributed by atoms with E-state index in [1.807, 2.05) is 12.1 Å². The Balaban J connectivity index is 1.49. The van der Waals surface area contributed by atoms with E-state index >= 15 is 0 Å². The number of methoxy groups -OCH3 is 1. The number of anilines is 1. The highest BCUT2D eigenvalue weighted by molar-refractivity contribution is 5.99. The summed E-state index contributed by atoms with van der Waals surface area (Å²) >= 11 is 0. The van der Waals surface area contributed by atoms with Gasteiger partial charge in [0.05, 0.1) is 36.4 Å². The molecule has 1 saturated heterocycles. The summed E-state index contributed by atoms with van der Waals surface area (Å²) in [6, 6.07) is 18.7. The quantitative estimate of drug-likeness (QED) is 0.340. The minimum atomic E-state index is -0.437. The number of benzene rings is 2. The highest BCUT2D eigenvalue weighted by Gasteiger charge is 2.29. The number of nitrogens with one attached hydrogen (secondary N) is 2. The van der Waals surface area contributed by atoms with Crippen molar-refractivity contribution in [1.29, 1.82) is 5.26 Å². The zero-order chi connectivity index (χ0) is 29.2. The summed E-state index contributed by atoms with van der Waals surface area (Å²) in [5.74, 6) is -0.927. The molecule has 1 aliphatic heterocycles. The minimum Gasteiger partial charge on any atom is -0.469 e. The monoisotopic (exact) mass is 557 g/mol. The molecule has 2 N–H and O–H groups in total. The number of nitriles is 1. The van der Waals surface area contributed by atoms with Gasteiger partial charge in [-0.3, -0.25) is 14.4 Å². The van der Waals surface area contributed by atoms with E-state index in [1.54, 1.807) is 41.3 Å². The van der Waals surface area contributed by atoms with Crippen molar-refractivity contribution in [3.8, 4) is 17.3 Å². The molecule has 0 spiro atoms. The van der Waals surface area contributed by atoms with Gasteiger partial charge in [-0.15, -0.1) is 0 Å². The van der Waals surface area contributed by atoms with Crippen LogP contribution in [0.2, 0.25) is 0 Å². The van der Waals surface area contributed by atoms with E-state index in [0.717, 1.165) is 18.4 Å². The van der Waals surface area contributed by atoms with Crippen molar-refractivity contribution in [2.45, 2.75) is 38.1 Å². The van der Waals surface area contributed by atoms with Crippen LogP contribution in [0.25, 0.3) is 11.3 Å². The molecule has 1 atom stereocenters. The summed E-state index contributed by atoms with van der Waals surface area (Å²) in [6.07, 6.45) is 2.13. The first-order valence-electron chi connectivity index (χ1n) is 13.5. The van der Waals surface area contributed by atoms with E-state index in [1.165, 1.54) is 19.2 Å². The lowest BCUT2D eigenvalue weighted by atomic mass is 10.0. The van der Waals surface area contributed by atoms with Gasteiger partial charge >= 0.3 is 5.97 Å². The van der Waals surface area contributed by atoms with Crippen molar-refractivity contribution in [3.63, 3.8) is 0 Å². The number of amides is 2. The maximum atomic E-state index is 13.6. The van der Waals surface area contributed by atoms with Gasteiger partial charge < -0.3 is 20.3 Å². The van der Waals surface area contributed by atoms with E-state index < -0.39 is 5.97 Å². The van der Waals surface area contributed by atoms with Crippen LogP contribution in [0.4, 0.5) is 10.2 Å². The summed E-state index contributed by atoms with van der Waals surface area (Å²) in [6.45, 7) is 1.22. The van der Waals surface area contributed by atoms with E-state index in [4.69, 9.17) is 0 Å². The summed E-state index contributed by atoms with van der Waals surface area (Å²) < 4.78 is 18.3. The fourth-order valence-corrected chi connectivity index (χ4v) is 4.89. The van der Waals surface area contributed by atoms with Crippen LogP contribution in [0.1, 0.15) is 47.2 Å². The SMILES string of the molecule is COC(=O)CCC(=O)N1CCC[C@@H]1CNC(=O)c1ccc(-c2ccccc2C#N)nc1NCCc1cccc(F)c1. The third-order valence-corrected chi connectivity index (χ3v) is 7.02. The van der Waals surface area contributed by atoms with Crippen LogP contribution in [0, 0.1) is 17.1 Å². The molecule has 2 heterocycles. The lowest BCUT2D eigenvalue weighted by molar-refractivity contribution is -0.143. The maximum absolute atomic E-state index is 13.6. The first kappa shape index (κ1) is 29.2. The molecule has 1 fully saturated rings. The molecule has 0 radical (unpaired) electrons. The van der Waals surface area contributed by atoms with E-state index in [-0.39, 0.29) is 43.1 Å². The van der Waals surface area contributed by atoms with Crippen LogP contribution >= 0.6 is 0 Å². The zero-order valence-corrected chi connectivity index (χ0v) is 22.9. The van der Waals surface area contributed by atoms with Gasteiger partial charge in [-0.25, -0.2) is 9.37 Å². The molecular formula is C31H32FN5O4. The van der Waals surface area contributed by atoms with Crippen LogP contribution in [0.5, 0.6) is 0 Å². The predicted molar refractivity (Wildman–Crippen MR) is 151 cm³/mol. The third-order valence-electron chi connectivity index (χ3n) is 7.02. The number of ether oxygens (including phenoxy) is 1. The number of likely N-dealkylation sites (tertiary alicyclic amines) is 1. The molecular weight excluding hydrogens is 525 g/mol. The second-order valence-electron chi connectivity index (χ2n) is 9.73. The number of esters is 1. The van der Waals surface area contributed by atoms with Crippen molar-refractivity contribution >= 4 is 23.6 Å². The number of carbonyl (C=O) groups is 3. The van der Waals surface area contributed by atoms with Crippen molar-refractivity contribution < 1.29 is 23.5 Å². The minimum absolute atomic E-state index is 0.0164. The Kier molecular flexibility index (Phi) is 9.99. The van der Waals surface area contributed by atoms with Crippen LogP contribution in [-0.2, 0) is 20.7 Å². The van der Waals surface area contributed by atoms with Crippen molar-refractivity contribution in [3.05, 3.63) is 83.2 Å². The largest absolute Gasteiger partial charge is 0.469 e. The predicted octanol–water partition coefficient (Wildman–Crippen LogP) is 4.09. The van der Waals surface area contributed by atoms with Gasteiger partial charge in [-0.2, -0.15) is 5.26 Å². The smallest absolute Gasteiger partial charge is 0.306 e. The van der Waals surface area contributed by atoms with Gasteiger partial charge in [0.25, 0.3) is 5.91 Å². The van der Waals surface area contributed by atoms with Crippen LogP contribution in [0.3, 0.4) is 0 Å². The number of pyridine rings is 1. The van der Waals surface area contributed by atoms with Crippen molar-refractivity contribution in [1.82, 2.24) is 15.2 Å². The number of halogens is 1. The number of rotatable bonds is 11. The fraction of sp³-hybridized carbons (Fsp3) is 0.323. The molecule has 41 heavy (non-hydrogen) atoms. The molecule has 0 bridgehead atoms. The Morgan fingerprint density at radius 3 is 2.73 bits per heavy atom. The topological polar surface area (TPSA) is 124 Å². The normalized spacial score (nSPS) is 14.3. The molecule has 4 rings (SSSR count). The summed E-state index contributed by atoms with van der Waals surface area (Å²) in [7, 11) is 1.29. The highest BCUT2D eigenvalue weighted by Crippen LogP contribution is 2.25. The molecule has 1 aromatic heterocycles. The molecule has 10 heteroatoms. The van der Waals surface area contributed by atoms with Gasteiger partial charge in [0, 0.05) is 37.7 Å². The maximum Gasteiger partial charge on any atom is 0.306 e. The Morgan fingerprint density at radius 2 is 1.95 bits per heavy atom. The molecule has 0 aliphatic carbocycles. The molecule has 0 saturated carbocycles. The van der Waals surface area contributed by atoms with Crippen LogP contribution < -0.4 is 10.6 Å². The molecule has 1 aliphatic rings. The average Bonchev–Trinajstić information content (AvgIpc) is 3.47. The van der Waals surface area contributed by atoms with Gasteiger partial charge in [-0.05, 0) is 55.2 Å². The standard InChI is InChI=1S/C31H32FN5O4/c1-41-29(39)14-13-28(38)37-17-5-9-24(37)20-35-31(40)26-11-12-27(25-10-3-2-7-22(25)19-33)36-30(26)34-16-15-21-6-4-8-23(32)18-21/h2-4,6-8,10-12,18,24H,5,9,13-17,20H2,1H3,(H,34,36)(H,35,40)/t24-/m1/s1. The molecule has 3 aromatic rings. The van der Waals surface area contributed by atoms with Crippen LogP contribution in [0.15, 0.2) is 60.7 Å². The van der Waals surface area contributed by atoms with Crippen LogP contribution in [-0.4, -0.2) is 60.5 Å². The summed E-state index contributed by atoms with van der Waals surface area (Å²) in [4.78, 5) is 43.8. The van der Waals surface area contributed by atoms with Crippen molar-refractivity contribution in [2.24, 2.45) is 0 Å². The third kappa shape index (κ3) is 7.66. The lowest BCUT2D eigenvalue weighted by Gasteiger charge is -2.25. The van der Waals surface area contributed by atoms with Gasteiger partial charge in [-0.1, -0.05) is 30.3 Å². The first-order chi connectivity index (χ1) is 19.9. The second-order valence-corrected chi connectivity index (χ2v) is 9.73. The number of carbonyl (C=O) groups excluding carboxylic acids is 3. The van der Waals surface area contributed by atoms with Gasteiger partial charge in [0.15, 0.2) is 0 Å². The average molecular weight is 558 g/mol. The first-order valence-corrected chi connectivity index (χ1v) is 13.5.